The van der Waals surface area contributed by atoms with Gasteiger partial charge < -0.3 is 30.4 Å². The van der Waals surface area contributed by atoms with Gasteiger partial charge in [0.25, 0.3) is 0 Å². The summed E-state index contributed by atoms with van der Waals surface area (Å²) in [6, 6.07) is 0. The number of carboxylic acids is 1. The lowest BCUT2D eigenvalue weighted by Gasteiger charge is -2.71. The number of nitrogens with zero attached hydrogens (tertiary/aromatic N) is 1. The van der Waals surface area contributed by atoms with Gasteiger partial charge in [-0.15, -0.1) is 0 Å². The zero-order valence-corrected chi connectivity index (χ0v) is 29.2. The maximum absolute atomic E-state index is 13.3. The minimum absolute atomic E-state index is 0.166. The summed E-state index contributed by atoms with van der Waals surface area (Å²) < 4.78 is 19.2. The molecule has 0 aromatic heterocycles. The Labute approximate surface area is 270 Å². The monoisotopic (exact) mass is 629 g/mol. The van der Waals surface area contributed by atoms with Crippen molar-refractivity contribution in [3.8, 4) is 0 Å². The molecule has 4 N–H and O–H groups in total. The fourth-order valence-electron chi connectivity index (χ4n) is 11.6. The molecule has 0 spiro atoms. The van der Waals surface area contributed by atoms with Gasteiger partial charge in [0.2, 0.25) is 0 Å². The smallest absolute Gasteiger partial charge is 0.307 e. The lowest BCUT2D eigenvalue weighted by atomic mass is 9.34. The molecular weight excluding hydrogens is 570 g/mol. The highest BCUT2D eigenvalue weighted by molar-refractivity contribution is 5.77. The van der Waals surface area contributed by atoms with Crippen LogP contribution in [0.2, 0.25) is 0 Å². The topological polar surface area (TPSA) is 132 Å². The molecule has 45 heavy (non-hydrogen) atoms. The largest absolute Gasteiger partial charge is 0.481 e. The van der Waals surface area contributed by atoms with Gasteiger partial charge >= 0.3 is 11.9 Å². The average Bonchev–Trinajstić information content (AvgIpc) is 2.95. The summed E-state index contributed by atoms with van der Waals surface area (Å²) in [5.41, 5.74) is 5.81. The molecule has 1 heterocycles. The molecule has 4 fully saturated rings. The van der Waals surface area contributed by atoms with E-state index in [1.165, 1.54) is 12.5 Å². The van der Waals surface area contributed by atoms with Crippen molar-refractivity contribution in [3.05, 3.63) is 11.6 Å². The third kappa shape index (κ3) is 5.04. The van der Waals surface area contributed by atoms with Crippen molar-refractivity contribution in [1.29, 1.82) is 0 Å². The van der Waals surface area contributed by atoms with Crippen molar-refractivity contribution in [2.45, 2.75) is 106 Å². The lowest BCUT2D eigenvalue weighted by Crippen LogP contribution is -2.70. The minimum Gasteiger partial charge on any atom is -0.481 e. The van der Waals surface area contributed by atoms with E-state index in [2.05, 4.69) is 64.9 Å². The number of carbonyl (C=O) groups excluding carboxylic acids is 1. The number of allylic oxidation sites excluding steroid dienone is 1. The van der Waals surface area contributed by atoms with Crippen LogP contribution in [0.1, 0.15) is 93.9 Å². The first-order chi connectivity index (χ1) is 21.0. The summed E-state index contributed by atoms with van der Waals surface area (Å²) >= 11 is 0. The summed E-state index contributed by atoms with van der Waals surface area (Å²) in [5.74, 6) is 0.264. The highest BCUT2D eigenvalue weighted by Gasteiger charge is 2.72. The Bertz CT molecular complexity index is 1240. The molecule has 4 aliphatic carbocycles. The molecule has 9 heteroatoms. The zero-order chi connectivity index (χ0) is 33.2. The third-order valence-corrected chi connectivity index (χ3v) is 14.3. The first-order valence-electron chi connectivity index (χ1n) is 17.3. The fraction of sp³-hybridized carbons (Fsp3) is 0.861. The van der Waals surface area contributed by atoms with E-state index < -0.39 is 18.0 Å². The second-order valence-electron chi connectivity index (χ2n) is 16.5. The molecule has 0 radical (unpaired) electrons. The number of nitrogens with two attached hydrogens (primary N) is 1. The molecule has 2 bridgehead atoms. The maximum Gasteiger partial charge on any atom is 0.307 e. The number of hydrogen-bond donors (Lipinski definition) is 3. The molecule has 11 atom stereocenters. The van der Waals surface area contributed by atoms with E-state index in [1.54, 1.807) is 7.05 Å². The number of hydrogen-bond acceptors (Lipinski definition) is 6. The first-order valence-corrected chi connectivity index (χ1v) is 17.3. The van der Waals surface area contributed by atoms with Gasteiger partial charge in [-0.1, -0.05) is 60.1 Å². The summed E-state index contributed by atoms with van der Waals surface area (Å²) in [7, 11) is 1.64. The molecule has 1 saturated heterocycles. The third-order valence-electron chi connectivity index (χ3n) is 14.3. The van der Waals surface area contributed by atoms with E-state index in [0.717, 1.165) is 32.1 Å². The number of aliphatic carboxylic acids is 1. The maximum atomic E-state index is 13.3. The van der Waals surface area contributed by atoms with Crippen molar-refractivity contribution >= 4 is 17.9 Å². The molecule has 0 aromatic rings. The Kier molecular flexibility index (Phi) is 9.00. The lowest BCUT2D eigenvalue weighted by molar-refractivity contribution is -0.266. The van der Waals surface area contributed by atoms with E-state index >= 15 is 0 Å². The normalized spacial score (nSPS) is 45.0. The van der Waals surface area contributed by atoms with E-state index in [9.17, 15) is 14.7 Å². The molecule has 5 aliphatic rings. The molecule has 9 nitrogen and oxygen atoms in total. The van der Waals surface area contributed by atoms with E-state index in [1.807, 2.05) is 0 Å². The van der Waals surface area contributed by atoms with Crippen LogP contribution in [0.3, 0.4) is 0 Å². The molecule has 5 rings (SSSR count). The predicted molar refractivity (Wildman–Crippen MR) is 174 cm³/mol. The molecule has 0 amide bonds. The minimum atomic E-state index is -0.648. The SMILES string of the molecule is CN=C(N)NCCO[C@H]1[C@H](OC(C)=O)C[C@@]23COCC1(C)[C@@H]2CC[C@H]1C3=CC[C@@]2(C)[C@H](C(=O)O)[C@@](C)([C@H](C)C(C)C)CC[C@]12C. The first kappa shape index (κ1) is 34.2. The number of rotatable bonds is 8. The molecule has 1 unspecified atom stereocenters. The van der Waals surface area contributed by atoms with Crippen LogP contribution >= 0.6 is 0 Å². The number of carbonyl (C=O) groups is 2. The highest BCUT2D eigenvalue weighted by atomic mass is 16.6. The van der Waals surface area contributed by atoms with Crippen molar-refractivity contribution in [2.24, 2.45) is 67.4 Å². The molecule has 3 saturated carbocycles. The number of aliphatic imine (C=N–C) groups is 1. The van der Waals surface area contributed by atoms with Crippen LogP contribution in [0.15, 0.2) is 16.6 Å². The fourth-order valence-corrected chi connectivity index (χ4v) is 11.6. The summed E-state index contributed by atoms with van der Waals surface area (Å²) in [6.45, 7) is 19.5. The standard InChI is InChI=1S/C36H59N3O6/c1-21(2)22(3)32(5)14-15-34(7)24-10-11-27-33(6)19-43-20-36(27,25(24)12-13-35(34,8)28(32)30(41)42)18-26(45-23(4)40)29(33)44-17-16-39-31(37)38-9/h12,21-22,24,26-29H,10-11,13-20H2,1-9H3,(H,41,42)(H3,37,38,39)/t22-,24+,26-,27+,28-,29+,32-,33?,34-,35+,36+/m1/s1. The van der Waals surface area contributed by atoms with Crippen LogP contribution in [-0.2, 0) is 23.8 Å². The molecular formula is C36H59N3O6. The van der Waals surface area contributed by atoms with E-state index in [-0.39, 0.29) is 45.1 Å². The van der Waals surface area contributed by atoms with Crippen LogP contribution in [0.5, 0.6) is 0 Å². The van der Waals surface area contributed by atoms with Gasteiger partial charge in [0.1, 0.15) is 12.2 Å². The van der Waals surface area contributed by atoms with Gasteiger partial charge in [-0.05, 0) is 78.4 Å². The van der Waals surface area contributed by atoms with Gasteiger partial charge in [-0.25, -0.2) is 0 Å². The Balaban J connectivity index is 1.53. The number of carboxylic acid groups (broad SMARTS) is 1. The second-order valence-corrected chi connectivity index (χ2v) is 16.5. The van der Waals surface area contributed by atoms with Gasteiger partial charge in [0.05, 0.1) is 25.7 Å². The average molecular weight is 630 g/mol. The Morgan fingerprint density at radius 2 is 1.84 bits per heavy atom. The number of fused-ring (bicyclic) bond motifs is 3. The number of guanidine groups is 1. The van der Waals surface area contributed by atoms with E-state index in [0.29, 0.717) is 56.5 Å². The van der Waals surface area contributed by atoms with Crippen LogP contribution in [0.25, 0.3) is 0 Å². The van der Waals surface area contributed by atoms with Gasteiger partial charge in [0, 0.05) is 31.3 Å². The van der Waals surface area contributed by atoms with Crippen LogP contribution in [0, 0.1) is 56.7 Å². The van der Waals surface area contributed by atoms with Gasteiger partial charge in [-0.2, -0.15) is 0 Å². The summed E-state index contributed by atoms with van der Waals surface area (Å²) in [5, 5.41) is 14.0. The zero-order valence-electron chi connectivity index (χ0n) is 29.2. The Morgan fingerprint density at radius 3 is 2.47 bits per heavy atom. The van der Waals surface area contributed by atoms with E-state index in [4.69, 9.17) is 19.9 Å². The van der Waals surface area contributed by atoms with Crippen molar-refractivity contribution in [1.82, 2.24) is 5.32 Å². The number of nitrogens with one attached hydrogen (secondary N) is 1. The number of esters is 1. The molecule has 0 aromatic carbocycles. The van der Waals surface area contributed by atoms with Crippen molar-refractivity contribution < 1.29 is 28.9 Å². The van der Waals surface area contributed by atoms with Crippen LogP contribution < -0.4 is 11.1 Å². The Hall–Kier alpha value is -2.13. The Morgan fingerprint density at radius 1 is 1.13 bits per heavy atom. The van der Waals surface area contributed by atoms with Gasteiger partial charge in [-0.3, -0.25) is 14.6 Å². The van der Waals surface area contributed by atoms with Crippen LogP contribution in [0.4, 0.5) is 0 Å². The predicted octanol–water partition coefficient (Wildman–Crippen LogP) is 5.43. The van der Waals surface area contributed by atoms with Crippen molar-refractivity contribution in [3.63, 3.8) is 0 Å². The quantitative estimate of drug-likeness (QED) is 0.107. The summed E-state index contributed by atoms with van der Waals surface area (Å²) in [6.07, 6.45) is 7.08. The molecule has 254 valence electrons. The number of ether oxygens (including phenoxy) is 3. The van der Waals surface area contributed by atoms with Crippen molar-refractivity contribution in [2.75, 3.05) is 33.4 Å². The highest BCUT2D eigenvalue weighted by Crippen LogP contribution is 2.75. The molecule has 1 aliphatic heterocycles. The van der Waals surface area contributed by atoms with Crippen LogP contribution in [-0.4, -0.2) is 68.6 Å². The second kappa shape index (κ2) is 11.8. The van der Waals surface area contributed by atoms with Gasteiger partial charge in [0.15, 0.2) is 5.96 Å². The summed E-state index contributed by atoms with van der Waals surface area (Å²) in [4.78, 5) is 29.8.